The summed E-state index contributed by atoms with van der Waals surface area (Å²) in [6, 6.07) is 14.5. The van der Waals surface area contributed by atoms with Crippen LogP contribution in [0.4, 0.5) is 0 Å². The van der Waals surface area contributed by atoms with Crippen LogP contribution in [0, 0.1) is 0 Å². The summed E-state index contributed by atoms with van der Waals surface area (Å²) in [7, 11) is -1.81. The number of aryl methyl sites for hydroxylation is 1. The molecule has 1 aromatic carbocycles. The lowest BCUT2D eigenvalue weighted by Crippen LogP contribution is -2.26. The number of benzene rings is 1. The molecule has 0 atom stereocenters. The molecular formula is C19H19NO4S3. The fourth-order valence-corrected chi connectivity index (χ4v) is 5.18. The lowest BCUT2D eigenvalue weighted by molar-refractivity contribution is 0.104. The van der Waals surface area contributed by atoms with Gasteiger partial charge < -0.3 is 4.74 Å². The number of carbonyl (C=O) groups excluding carboxylic acids is 1. The van der Waals surface area contributed by atoms with Crippen LogP contribution in [0.2, 0.25) is 0 Å². The first kappa shape index (κ1) is 19.8. The molecule has 27 heavy (non-hydrogen) atoms. The van der Waals surface area contributed by atoms with Crippen molar-refractivity contribution in [1.82, 2.24) is 4.72 Å². The minimum atomic E-state index is -3.41. The van der Waals surface area contributed by atoms with Crippen LogP contribution in [0.5, 0.6) is 5.75 Å². The van der Waals surface area contributed by atoms with E-state index >= 15 is 0 Å². The van der Waals surface area contributed by atoms with E-state index in [-0.39, 0.29) is 18.1 Å². The van der Waals surface area contributed by atoms with E-state index in [1.807, 2.05) is 35.7 Å². The van der Waals surface area contributed by atoms with E-state index in [0.29, 0.717) is 16.2 Å². The quantitative estimate of drug-likeness (QED) is 0.535. The summed E-state index contributed by atoms with van der Waals surface area (Å²) in [5, 5.41) is 1.86. The number of sulfonamides is 1. The van der Waals surface area contributed by atoms with Gasteiger partial charge in [0.25, 0.3) is 0 Å². The smallest absolute Gasteiger partial charge is 0.212 e. The predicted octanol–water partition coefficient (Wildman–Crippen LogP) is 3.71. The van der Waals surface area contributed by atoms with Crippen molar-refractivity contribution in [2.75, 3.05) is 12.9 Å². The molecule has 5 nitrogen and oxygen atoms in total. The highest BCUT2D eigenvalue weighted by Crippen LogP contribution is 2.22. The molecule has 2 aromatic heterocycles. The van der Waals surface area contributed by atoms with Crippen LogP contribution < -0.4 is 9.46 Å². The van der Waals surface area contributed by atoms with Crippen LogP contribution >= 0.6 is 22.7 Å². The zero-order valence-corrected chi connectivity index (χ0v) is 17.1. The van der Waals surface area contributed by atoms with Gasteiger partial charge in [0.05, 0.1) is 22.6 Å². The van der Waals surface area contributed by atoms with Gasteiger partial charge in [-0.15, -0.1) is 22.7 Å². The summed E-state index contributed by atoms with van der Waals surface area (Å²) in [5.41, 5.74) is 0.932. The van der Waals surface area contributed by atoms with E-state index in [1.54, 1.807) is 25.3 Å². The summed E-state index contributed by atoms with van der Waals surface area (Å²) in [6.45, 7) is 0.188. The molecule has 0 fully saturated rings. The maximum Gasteiger partial charge on any atom is 0.212 e. The molecule has 0 unspecified atom stereocenters. The molecule has 3 rings (SSSR count). The second-order valence-electron chi connectivity index (χ2n) is 5.81. The number of rotatable bonds is 9. The molecule has 0 spiro atoms. The van der Waals surface area contributed by atoms with Crippen LogP contribution in [0.1, 0.15) is 25.0 Å². The molecule has 0 bridgehead atoms. The van der Waals surface area contributed by atoms with Gasteiger partial charge in [-0.25, -0.2) is 13.1 Å². The highest BCUT2D eigenvalue weighted by molar-refractivity contribution is 7.89. The topological polar surface area (TPSA) is 72.5 Å². The Morgan fingerprint density at radius 1 is 1.07 bits per heavy atom. The Kier molecular flexibility index (Phi) is 6.43. The van der Waals surface area contributed by atoms with Gasteiger partial charge in [-0.3, -0.25) is 4.79 Å². The fourth-order valence-electron chi connectivity index (χ4n) is 2.42. The molecule has 1 N–H and O–H groups in total. The van der Waals surface area contributed by atoms with Crippen LogP contribution in [0.3, 0.4) is 0 Å². The van der Waals surface area contributed by atoms with Crippen LogP contribution in [0.25, 0.3) is 0 Å². The Bertz CT molecular complexity index is 990. The highest BCUT2D eigenvalue weighted by Gasteiger charge is 2.15. The lowest BCUT2D eigenvalue weighted by atomic mass is 10.2. The van der Waals surface area contributed by atoms with Crippen molar-refractivity contribution in [3.8, 4) is 5.75 Å². The van der Waals surface area contributed by atoms with Gasteiger partial charge in [-0.05, 0) is 47.7 Å². The minimum absolute atomic E-state index is 0.00564. The normalized spacial score (nSPS) is 11.4. The highest BCUT2D eigenvalue weighted by atomic mass is 32.2. The number of hydrogen-bond acceptors (Lipinski definition) is 6. The molecule has 8 heteroatoms. The zero-order chi connectivity index (χ0) is 19.3. The van der Waals surface area contributed by atoms with E-state index in [4.69, 9.17) is 4.74 Å². The van der Waals surface area contributed by atoms with Crippen LogP contribution in [0.15, 0.2) is 53.9 Å². The number of thiophene rings is 2. The SMILES string of the molecule is COc1ccc(CCS(=O)(=O)NCc2ccc(C(=O)c3cccs3)s2)cc1. The van der Waals surface area contributed by atoms with Crippen molar-refractivity contribution in [3.63, 3.8) is 0 Å². The van der Waals surface area contributed by atoms with Gasteiger partial charge in [0.1, 0.15) is 5.75 Å². The number of methoxy groups -OCH3 is 1. The Labute approximate surface area is 166 Å². The summed E-state index contributed by atoms with van der Waals surface area (Å²) in [5.74, 6) is 0.722. The molecule has 0 aliphatic heterocycles. The van der Waals surface area contributed by atoms with Gasteiger partial charge in [0.15, 0.2) is 0 Å². The summed E-state index contributed by atoms with van der Waals surface area (Å²) in [6.07, 6.45) is 0.423. The van der Waals surface area contributed by atoms with Crippen molar-refractivity contribution in [2.24, 2.45) is 0 Å². The maximum atomic E-state index is 12.3. The molecule has 0 saturated carbocycles. The number of carbonyl (C=O) groups is 1. The number of nitrogens with one attached hydrogen (secondary N) is 1. The molecule has 0 aliphatic rings. The van der Waals surface area contributed by atoms with Crippen molar-refractivity contribution in [2.45, 2.75) is 13.0 Å². The number of ether oxygens (including phenoxy) is 1. The van der Waals surface area contributed by atoms with Crippen LogP contribution in [-0.4, -0.2) is 27.1 Å². The Morgan fingerprint density at radius 3 is 2.52 bits per heavy atom. The average Bonchev–Trinajstić information content (AvgIpc) is 3.37. The third-order valence-corrected chi connectivity index (χ3v) is 7.19. The van der Waals surface area contributed by atoms with Gasteiger partial charge in [0, 0.05) is 11.4 Å². The standard InChI is InChI=1S/C19H19NO4S3/c1-24-15-6-4-14(5-7-15)10-12-27(22,23)20-13-16-8-9-18(26-16)19(21)17-3-2-11-25-17/h2-9,11,20H,10,12-13H2,1H3. The first-order chi connectivity index (χ1) is 13.0. The van der Waals surface area contributed by atoms with Gasteiger partial charge in [0.2, 0.25) is 15.8 Å². The van der Waals surface area contributed by atoms with E-state index in [1.165, 1.54) is 22.7 Å². The molecule has 0 saturated heterocycles. The first-order valence-corrected chi connectivity index (χ1v) is 11.6. The van der Waals surface area contributed by atoms with Crippen molar-refractivity contribution in [1.29, 1.82) is 0 Å². The summed E-state index contributed by atoms with van der Waals surface area (Å²) < 4.78 is 32.2. The third-order valence-electron chi connectivity index (χ3n) is 3.92. The molecule has 0 amide bonds. The summed E-state index contributed by atoms with van der Waals surface area (Å²) >= 11 is 2.71. The number of ketones is 1. The van der Waals surface area contributed by atoms with Crippen molar-refractivity contribution < 1.29 is 17.9 Å². The maximum absolute atomic E-state index is 12.3. The Balaban J connectivity index is 1.53. The van der Waals surface area contributed by atoms with E-state index < -0.39 is 10.0 Å². The van der Waals surface area contributed by atoms with Crippen molar-refractivity contribution >= 4 is 38.5 Å². The van der Waals surface area contributed by atoms with Crippen molar-refractivity contribution in [3.05, 3.63) is 74.1 Å². The molecule has 2 heterocycles. The third kappa shape index (κ3) is 5.49. The lowest BCUT2D eigenvalue weighted by Gasteiger charge is -2.06. The second kappa shape index (κ2) is 8.79. The van der Waals surface area contributed by atoms with Gasteiger partial charge in [-0.2, -0.15) is 0 Å². The van der Waals surface area contributed by atoms with Crippen LogP contribution in [-0.2, 0) is 23.0 Å². The monoisotopic (exact) mass is 421 g/mol. The largest absolute Gasteiger partial charge is 0.497 e. The molecule has 0 radical (unpaired) electrons. The first-order valence-electron chi connectivity index (χ1n) is 8.24. The Hall–Kier alpha value is -2.00. The van der Waals surface area contributed by atoms with E-state index in [0.717, 1.165) is 16.2 Å². The van der Waals surface area contributed by atoms with Gasteiger partial charge in [-0.1, -0.05) is 18.2 Å². The van der Waals surface area contributed by atoms with E-state index in [9.17, 15) is 13.2 Å². The molecular weight excluding hydrogens is 402 g/mol. The molecule has 3 aromatic rings. The zero-order valence-electron chi connectivity index (χ0n) is 14.7. The second-order valence-corrected chi connectivity index (χ2v) is 9.85. The van der Waals surface area contributed by atoms with E-state index in [2.05, 4.69) is 4.72 Å². The van der Waals surface area contributed by atoms with Gasteiger partial charge >= 0.3 is 0 Å². The average molecular weight is 422 g/mol. The fraction of sp³-hybridized carbons (Fsp3) is 0.211. The predicted molar refractivity (Wildman–Crippen MR) is 109 cm³/mol. The molecule has 142 valence electrons. The minimum Gasteiger partial charge on any atom is -0.497 e. The summed E-state index contributed by atoms with van der Waals surface area (Å²) in [4.78, 5) is 14.4. The molecule has 0 aliphatic carbocycles. The Morgan fingerprint density at radius 2 is 1.85 bits per heavy atom. The number of hydrogen-bond donors (Lipinski definition) is 1.